The number of nitrogens with one attached hydrogen (secondary N) is 1. The molecule has 0 radical (unpaired) electrons. The Balaban J connectivity index is 2.17. The summed E-state index contributed by atoms with van der Waals surface area (Å²) in [7, 11) is 0. The van der Waals surface area contributed by atoms with Crippen molar-refractivity contribution in [3.8, 4) is 0 Å². The van der Waals surface area contributed by atoms with Crippen LogP contribution in [0, 0.1) is 5.92 Å². The van der Waals surface area contributed by atoms with Crippen LogP contribution in [0.15, 0.2) is 0 Å². The highest BCUT2D eigenvalue weighted by atomic mass is 15.0. The van der Waals surface area contributed by atoms with E-state index < -0.39 is 0 Å². The Labute approximate surface area is 55.8 Å². The number of hydrogen-bond acceptors (Lipinski definition) is 2. The molecule has 0 aromatic carbocycles. The normalized spacial score (nSPS) is 49.7. The van der Waals surface area contributed by atoms with Crippen molar-refractivity contribution < 1.29 is 0 Å². The molecule has 0 aromatic rings. The molecule has 0 aromatic heterocycles. The smallest absolute Gasteiger partial charge is 0.0321 e. The molecule has 2 nitrogen and oxygen atoms in total. The first-order valence-electron chi connectivity index (χ1n) is 3.81. The molecule has 0 spiro atoms. The van der Waals surface area contributed by atoms with E-state index in [-0.39, 0.29) is 5.54 Å². The average molecular weight is 126 g/mol. The van der Waals surface area contributed by atoms with Crippen molar-refractivity contribution in [2.45, 2.75) is 24.8 Å². The van der Waals surface area contributed by atoms with E-state index >= 15 is 0 Å². The van der Waals surface area contributed by atoms with E-state index in [1.54, 1.807) is 0 Å². The first-order chi connectivity index (χ1) is 4.31. The van der Waals surface area contributed by atoms with Crippen LogP contribution in [0.4, 0.5) is 0 Å². The Morgan fingerprint density at radius 3 is 3.22 bits per heavy atom. The van der Waals surface area contributed by atoms with E-state index in [0.717, 1.165) is 19.0 Å². The highest BCUT2D eigenvalue weighted by Crippen LogP contribution is 2.35. The molecule has 1 saturated heterocycles. The van der Waals surface area contributed by atoms with Crippen LogP contribution < -0.4 is 11.1 Å². The minimum Gasteiger partial charge on any atom is -0.324 e. The fourth-order valence-electron chi connectivity index (χ4n) is 2.19. The molecule has 0 bridgehead atoms. The van der Waals surface area contributed by atoms with Crippen molar-refractivity contribution >= 4 is 0 Å². The van der Waals surface area contributed by atoms with Gasteiger partial charge in [-0.2, -0.15) is 0 Å². The molecule has 1 saturated carbocycles. The number of fused-ring (bicyclic) bond motifs is 1. The molecule has 1 aliphatic carbocycles. The van der Waals surface area contributed by atoms with Crippen LogP contribution >= 0.6 is 0 Å². The van der Waals surface area contributed by atoms with Crippen molar-refractivity contribution in [2.75, 3.05) is 13.1 Å². The Morgan fingerprint density at radius 1 is 1.56 bits per heavy atom. The van der Waals surface area contributed by atoms with E-state index in [1.165, 1.54) is 19.3 Å². The fraction of sp³-hybridized carbons (Fsp3) is 1.00. The summed E-state index contributed by atoms with van der Waals surface area (Å²) < 4.78 is 0. The summed E-state index contributed by atoms with van der Waals surface area (Å²) in [4.78, 5) is 0. The van der Waals surface area contributed by atoms with Gasteiger partial charge in [-0.15, -0.1) is 0 Å². The van der Waals surface area contributed by atoms with Crippen LogP contribution in [0.2, 0.25) is 0 Å². The molecule has 0 unspecified atom stereocenters. The van der Waals surface area contributed by atoms with Gasteiger partial charge in [-0.05, 0) is 25.3 Å². The van der Waals surface area contributed by atoms with E-state index in [2.05, 4.69) is 5.32 Å². The molecule has 0 amide bonds. The molecular formula is C7H14N2. The second-order valence-corrected chi connectivity index (χ2v) is 3.45. The van der Waals surface area contributed by atoms with E-state index in [9.17, 15) is 0 Å². The lowest BCUT2D eigenvalue weighted by atomic mass is 9.92. The van der Waals surface area contributed by atoms with Gasteiger partial charge in [-0.25, -0.2) is 0 Å². The van der Waals surface area contributed by atoms with Gasteiger partial charge in [0.1, 0.15) is 0 Å². The predicted molar refractivity (Wildman–Crippen MR) is 37.1 cm³/mol. The molecular weight excluding hydrogens is 112 g/mol. The summed E-state index contributed by atoms with van der Waals surface area (Å²) in [5.41, 5.74) is 6.30. The highest BCUT2D eigenvalue weighted by molar-refractivity contribution is 5.03. The van der Waals surface area contributed by atoms with E-state index in [1.807, 2.05) is 0 Å². The summed E-state index contributed by atoms with van der Waals surface area (Å²) in [6, 6.07) is 0. The Bertz CT molecular complexity index is 112. The molecule has 1 aliphatic heterocycles. The van der Waals surface area contributed by atoms with Crippen molar-refractivity contribution in [3.63, 3.8) is 0 Å². The zero-order valence-electron chi connectivity index (χ0n) is 5.69. The summed E-state index contributed by atoms with van der Waals surface area (Å²) in [5, 5.41) is 3.34. The summed E-state index contributed by atoms with van der Waals surface area (Å²) >= 11 is 0. The lowest BCUT2D eigenvalue weighted by molar-refractivity contribution is 0.402. The summed E-state index contributed by atoms with van der Waals surface area (Å²) in [6.45, 7) is 2.22. The molecule has 2 atom stereocenters. The maximum atomic E-state index is 6.10. The molecule has 1 heterocycles. The molecule has 2 rings (SSSR count). The van der Waals surface area contributed by atoms with Crippen molar-refractivity contribution in [2.24, 2.45) is 11.7 Å². The van der Waals surface area contributed by atoms with Gasteiger partial charge in [0.15, 0.2) is 0 Å². The average Bonchev–Trinajstić information content (AvgIpc) is 2.22. The minimum absolute atomic E-state index is 0.194. The number of nitrogens with two attached hydrogens (primary N) is 1. The molecule has 2 aliphatic rings. The first kappa shape index (κ1) is 5.69. The second kappa shape index (κ2) is 1.70. The predicted octanol–water partition coefficient (Wildman–Crippen LogP) is 0.0872. The minimum atomic E-state index is 0.194. The van der Waals surface area contributed by atoms with Crippen molar-refractivity contribution in [1.29, 1.82) is 0 Å². The van der Waals surface area contributed by atoms with Gasteiger partial charge in [0.2, 0.25) is 0 Å². The molecule has 52 valence electrons. The maximum absolute atomic E-state index is 6.10. The molecule has 9 heavy (non-hydrogen) atoms. The second-order valence-electron chi connectivity index (χ2n) is 3.45. The van der Waals surface area contributed by atoms with Crippen LogP contribution in [0.1, 0.15) is 19.3 Å². The van der Waals surface area contributed by atoms with Crippen LogP contribution in [-0.4, -0.2) is 18.6 Å². The largest absolute Gasteiger partial charge is 0.324 e. The van der Waals surface area contributed by atoms with Gasteiger partial charge in [0, 0.05) is 12.1 Å². The maximum Gasteiger partial charge on any atom is 0.0321 e. The summed E-state index contributed by atoms with van der Waals surface area (Å²) in [5.74, 6) is 0.789. The third-order valence-electron chi connectivity index (χ3n) is 2.85. The van der Waals surface area contributed by atoms with Gasteiger partial charge >= 0.3 is 0 Å². The van der Waals surface area contributed by atoms with Gasteiger partial charge in [-0.1, -0.05) is 6.42 Å². The Hall–Kier alpha value is -0.0800. The SMILES string of the molecule is N[C@]12CCC[C@H]1CNC2. The van der Waals surface area contributed by atoms with Crippen LogP contribution in [0.25, 0.3) is 0 Å². The Kier molecular flexibility index (Phi) is 1.08. The van der Waals surface area contributed by atoms with Gasteiger partial charge in [-0.3, -0.25) is 0 Å². The number of hydrogen-bond donors (Lipinski definition) is 2. The zero-order valence-corrected chi connectivity index (χ0v) is 5.69. The van der Waals surface area contributed by atoms with Gasteiger partial charge < -0.3 is 11.1 Å². The van der Waals surface area contributed by atoms with Gasteiger partial charge in [0.05, 0.1) is 0 Å². The van der Waals surface area contributed by atoms with Crippen molar-refractivity contribution in [1.82, 2.24) is 5.32 Å². The first-order valence-corrected chi connectivity index (χ1v) is 3.81. The monoisotopic (exact) mass is 126 g/mol. The standard InChI is InChI=1S/C7H14N2/c8-7-3-1-2-6(7)4-9-5-7/h6,9H,1-5,8H2/t6-,7-/m0/s1. The van der Waals surface area contributed by atoms with Crippen molar-refractivity contribution in [3.05, 3.63) is 0 Å². The van der Waals surface area contributed by atoms with E-state index in [4.69, 9.17) is 5.73 Å². The molecule has 2 heteroatoms. The Morgan fingerprint density at radius 2 is 2.44 bits per heavy atom. The third kappa shape index (κ3) is 0.700. The third-order valence-corrected chi connectivity index (χ3v) is 2.85. The van der Waals surface area contributed by atoms with Crippen LogP contribution in [-0.2, 0) is 0 Å². The lowest BCUT2D eigenvalue weighted by Gasteiger charge is -2.21. The van der Waals surface area contributed by atoms with Crippen LogP contribution in [0.3, 0.4) is 0 Å². The van der Waals surface area contributed by atoms with Gasteiger partial charge in [0.25, 0.3) is 0 Å². The zero-order chi connectivity index (χ0) is 6.32. The topological polar surface area (TPSA) is 38.0 Å². The fourth-order valence-corrected chi connectivity index (χ4v) is 2.19. The highest BCUT2D eigenvalue weighted by Gasteiger charge is 2.42. The molecule has 2 fully saturated rings. The summed E-state index contributed by atoms with van der Waals surface area (Å²) in [6.07, 6.45) is 3.94. The number of rotatable bonds is 0. The quantitative estimate of drug-likeness (QED) is 0.482. The van der Waals surface area contributed by atoms with E-state index in [0.29, 0.717) is 0 Å². The van der Waals surface area contributed by atoms with Crippen LogP contribution in [0.5, 0.6) is 0 Å². The lowest BCUT2D eigenvalue weighted by Crippen LogP contribution is -2.43. The molecule has 3 N–H and O–H groups in total.